The number of carboxylic acids is 2. The number of hydrogen-bond acceptors (Lipinski definition) is 2. The van der Waals surface area contributed by atoms with Gasteiger partial charge in [-0.1, -0.05) is 103 Å². The summed E-state index contributed by atoms with van der Waals surface area (Å²) >= 11 is 0. The van der Waals surface area contributed by atoms with Gasteiger partial charge in [-0.3, -0.25) is 0 Å². The maximum Gasteiger partial charge on any atom is 1.00 e. The van der Waals surface area contributed by atoms with E-state index in [1.807, 2.05) is 0 Å². The van der Waals surface area contributed by atoms with Crippen LogP contribution in [0.15, 0.2) is 12.2 Å². The van der Waals surface area contributed by atoms with Crippen LogP contribution in [0.5, 0.6) is 0 Å². The smallest absolute Gasteiger partial charge is 0.478 e. The molecule has 0 aromatic rings. The Morgan fingerprint density at radius 3 is 1.11 bits per heavy atom. The van der Waals surface area contributed by atoms with Crippen LogP contribution in [0, 0.1) is 6.92 Å². The first-order valence-corrected chi connectivity index (χ1v) is 10.5. The van der Waals surface area contributed by atoms with Crippen LogP contribution in [0.25, 0.3) is 0 Å². The molecule has 0 atom stereocenters. The Bertz CT molecular complexity index is 311. The normalized spacial score (nSPS) is 10.1. The standard InChI is InChI=1S/C18H37.C4H4O4.Au/c1-3-5-7-9-11-13-15-17-18-16-14-12-10-8-6-4-2;5-3(6)1-2-4(7)8;/h1,3-18H2,2H3;1-2H,(H,5,6)(H,7,8);/q-1;;+1/b;2-1+;. The second-order valence-electron chi connectivity index (χ2n) is 6.81. The van der Waals surface area contributed by atoms with Crippen LogP contribution in [0.4, 0.5) is 0 Å². The number of aliphatic carboxylic acids is 2. The van der Waals surface area contributed by atoms with Crippen molar-refractivity contribution in [3.05, 3.63) is 19.1 Å². The van der Waals surface area contributed by atoms with Gasteiger partial charge in [0.1, 0.15) is 0 Å². The van der Waals surface area contributed by atoms with E-state index in [1.165, 1.54) is 96.3 Å². The van der Waals surface area contributed by atoms with Crippen molar-refractivity contribution < 1.29 is 42.2 Å². The molecule has 0 radical (unpaired) electrons. The van der Waals surface area contributed by atoms with Gasteiger partial charge in [-0.25, -0.2) is 9.59 Å². The van der Waals surface area contributed by atoms with E-state index in [4.69, 9.17) is 10.2 Å². The van der Waals surface area contributed by atoms with Gasteiger partial charge in [0, 0.05) is 12.2 Å². The molecular weight excluding hydrogens is 525 g/mol. The van der Waals surface area contributed by atoms with E-state index >= 15 is 0 Å². The minimum atomic E-state index is -1.26. The van der Waals surface area contributed by atoms with Gasteiger partial charge < -0.3 is 17.1 Å². The molecule has 0 fully saturated rings. The van der Waals surface area contributed by atoms with E-state index in [0.717, 1.165) is 6.42 Å². The molecule has 0 saturated carbocycles. The van der Waals surface area contributed by atoms with E-state index in [1.54, 1.807) is 0 Å². The number of rotatable bonds is 17. The Hall–Kier alpha value is -0.580. The fourth-order valence-corrected chi connectivity index (χ4v) is 2.69. The molecule has 0 saturated heterocycles. The summed E-state index contributed by atoms with van der Waals surface area (Å²) in [4.78, 5) is 19.1. The molecule has 0 aliphatic carbocycles. The predicted molar refractivity (Wildman–Crippen MR) is 109 cm³/mol. The molecule has 0 aromatic heterocycles. The minimum Gasteiger partial charge on any atom is -0.478 e. The zero-order chi connectivity index (χ0) is 19.9. The van der Waals surface area contributed by atoms with Gasteiger partial charge in [0.2, 0.25) is 0 Å². The first-order chi connectivity index (χ1) is 12.5. The monoisotopic (exact) mass is 566 g/mol. The maximum absolute atomic E-state index is 9.55. The van der Waals surface area contributed by atoms with Crippen LogP contribution in [-0.2, 0) is 32.0 Å². The molecule has 0 aromatic carbocycles. The average molecular weight is 567 g/mol. The van der Waals surface area contributed by atoms with Crippen LogP contribution < -0.4 is 0 Å². The van der Waals surface area contributed by atoms with Crippen molar-refractivity contribution >= 4 is 11.9 Å². The number of hydrogen-bond donors (Lipinski definition) is 2. The Kier molecular flexibility index (Phi) is 31.9. The molecule has 27 heavy (non-hydrogen) atoms. The summed E-state index contributed by atoms with van der Waals surface area (Å²) in [5.74, 6) is -2.51. The summed E-state index contributed by atoms with van der Waals surface area (Å²) in [5.41, 5.74) is 0. The van der Waals surface area contributed by atoms with E-state index in [-0.39, 0.29) is 22.4 Å². The van der Waals surface area contributed by atoms with Crippen molar-refractivity contribution in [2.45, 2.75) is 110 Å². The van der Waals surface area contributed by atoms with Gasteiger partial charge in [-0.05, 0) is 0 Å². The summed E-state index contributed by atoms with van der Waals surface area (Å²) in [7, 11) is 0. The van der Waals surface area contributed by atoms with Crippen LogP contribution in [-0.4, -0.2) is 22.2 Å². The molecule has 0 heterocycles. The van der Waals surface area contributed by atoms with Crippen molar-refractivity contribution in [2.75, 3.05) is 0 Å². The Labute approximate surface area is 182 Å². The SMILES string of the molecule is O=C(O)/C=C/C(=O)O.[Au+].[CH2-]CCCCCCCCCCCCCCCCC. The van der Waals surface area contributed by atoms with Gasteiger partial charge in [-0.2, -0.15) is 6.42 Å². The summed E-state index contributed by atoms with van der Waals surface area (Å²) in [5, 5.41) is 15.6. The second kappa shape index (κ2) is 27.6. The van der Waals surface area contributed by atoms with E-state index in [2.05, 4.69) is 13.8 Å². The number of unbranched alkanes of at least 4 members (excludes halogenated alkanes) is 15. The first kappa shape index (κ1) is 31.1. The Balaban J connectivity index is -0.000000542. The average Bonchev–Trinajstić information content (AvgIpc) is 2.61. The number of carboxylic acid groups (broad SMARTS) is 2. The van der Waals surface area contributed by atoms with Gasteiger partial charge in [0.25, 0.3) is 0 Å². The van der Waals surface area contributed by atoms with E-state index in [9.17, 15) is 9.59 Å². The van der Waals surface area contributed by atoms with Gasteiger partial charge in [0.05, 0.1) is 0 Å². The third kappa shape index (κ3) is 37.0. The molecule has 0 bridgehead atoms. The van der Waals surface area contributed by atoms with Crippen molar-refractivity contribution in [1.82, 2.24) is 0 Å². The Morgan fingerprint density at radius 2 is 0.889 bits per heavy atom. The van der Waals surface area contributed by atoms with Crippen LogP contribution >= 0.6 is 0 Å². The Morgan fingerprint density at radius 1 is 0.630 bits per heavy atom. The molecule has 0 aliphatic heterocycles. The molecule has 0 rings (SSSR count). The topological polar surface area (TPSA) is 74.6 Å². The molecule has 0 unspecified atom stereocenters. The van der Waals surface area contributed by atoms with Crippen LogP contribution in [0.2, 0.25) is 0 Å². The zero-order valence-electron chi connectivity index (χ0n) is 17.2. The summed E-state index contributed by atoms with van der Waals surface area (Å²) < 4.78 is 0. The van der Waals surface area contributed by atoms with Crippen molar-refractivity contribution in [2.24, 2.45) is 0 Å². The molecular formula is C22H41AuO4. The third-order valence-corrected chi connectivity index (χ3v) is 4.22. The molecule has 2 N–H and O–H groups in total. The molecule has 164 valence electrons. The van der Waals surface area contributed by atoms with Crippen molar-refractivity contribution in [3.63, 3.8) is 0 Å². The third-order valence-electron chi connectivity index (χ3n) is 4.22. The predicted octanol–water partition coefficient (Wildman–Crippen LogP) is 6.79. The van der Waals surface area contributed by atoms with Gasteiger partial charge >= 0.3 is 34.3 Å². The largest absolute Gasteiger partial charge is 1.00 e. The summed E-state index contributed by atoms with van der Waals surface area (Å²) in [6.45, 7) is 6.18. The quantitative estimate of drug-likeness (QED) is 0.0880. The van der Waals surface area contributed by atoms with Crippen LogP contribution in [0.3, 0.4) is 0 Å². The molecule has 0 aliphatic rings. The molecule has 0 amide bonds. The van der Waals surface area contributed by atoms with Gasteiger partial charge in [0.15, 0.2) is 0 Å². The van der Waals surface area contributed by atoms with Gasteiger partial charge in [-0.15, -0.1) is 0 Å². The molecule has 0 spiro atoms. The summed E-state index contributed by atoms with van der Waals surface area (Å²) in [6, 6.07) is 0. The van der Waals surface area contributed by atoms with E-state index in [0.29, 0.717) is 12.2 Å². The fraction of sp³-hybridized carbons (Fsp3) is 0.773. The first-order valence-electron chi connectivity index (χ1n) is 10.5. The summed E-state index contributed by atoms with van der Waals surface area (Å²) in [6.07, 6.45) is 23.9. The minimum absolute atomic E-state index is 0. The molecule has 5 heteroatoms. The van der Waals surface area contributed by atoms with Crippen molar-refractivity contribution in [1.29, 1.82) is 0 Å². The van der Waals surface area contributed by atoms with Crippen molar-refractivity contribution in [3.8, 4) is 0 Å². The van der Waals surface area contributed by atoms with Crippen LogP contribution in [0.1, 0.15) is 110 Å². The van der Waals surface area contributed by atoms with E-state index < -0.39 is 11.9 Å². The maximum atomic E-state index is 9.55. The number of carbonyl (C=O) groups is 2. The molecule has 4 nitrogen and oxygen atoms in total. The second-order valence-corrected chi connectivity index (χ2v) is 6.81. The zero-order valence-corrected chi connectivity index (χ0v) is 19.4. The fourth-order valence-electron chi connectivity index (χ4n) is 2.69.